The van der Waals surface area contributed by atoms with E-state index in [1.807, 2.05) is 19.9 Å². The number of nitrogen functional groups attached to an aromatic ring is 2. The number of anilines is 3. The summed E-state index contributed by atoms with van der Waals surface area (Å²) in [7, 11) is -1.01. The molecule has 0 aromatic carbocycles. The Morgan fingerprint density at radius 1 is 1.19 bits per heavy atom. The maximum absolute atomic E-state index is 12.9. The van der Waals surface area contributed by atoms with Gasteiger partial charge in [-0.1, -0.05) is 6.92 Å². The number of morpholine rings is 1. The van der Waals surface area contributed by atoms with Gasteiger partial charge in [0, 0.05) is 39.4 Å². The highest BCUT2D eigenvalue weighted by Gasteiger charge is 2.32. The lowest BCUT2D eigenvalue weighted by molar-refractivity contribution is 0.0432. The van der Waals surface area contributed by atoms with Crippen LogP contribution in [0.3, 0.4) is 0 Å². The SMILES string of the molecule is Cc1cc(-c2nc(N)c(C[C@H](C)S(=O)C3COC3)c(N3CCOC[C@H]3C)n2)cc(N)n1. The number of pyridine rings is 1. The first-order valence-corrected chi connectivity index (χ1v) is 11.8. The van der Waals surface area contributed by atoms with Crippen molar-refractivity contribution >= 4 is 28.3 Å². The van der Waals surface area contributed by atoms with Gasteiger partial charge in [0.25, 0.3) is 0 Å². The Morgan fingerprint density at radius 2 is 1.97 bits per heavy atom. The molecule has 3 atom stereocenters. The average Bonchev–Trinajstić information content (AvgIpc) is 2.67. The van der Waals surface area contributed by atoms with Crippen LogP contribution in [-0.2, 0) is 26.7 Å². The van der Waals surface area contributed by atoms with Crippen LogP contribution in [0.25, 0.3) is 11.4 Å². The number of ether oxygens (including phenoxy) is 2. The van der Waals surface area contributed by atoms with E-state index in [0.717, 1.165) is 22.6 Å². The molecule has 0 amide bonds. The Labute approximate surface area is 185 Å². The van der Waals surface area contributed by atoms with Crippen LogP contribution in [0, 0.1) is 6.92 Å². The molecule has 2 aliphatic rings. The lowest BCUT2D eigenvalue weighted by Gasteiger charge is -2.36. The topological polar surface area (TPSA) is 129 Å². The van der Waals surface area contributed by atoms with Crippen molar-refractivity contribution in [2.45, 2.75) is 43.7 Å². The summed E-state index contributed by atoms with van der Waals surface area (Å²) in [4.78, 5) is 16.0. The van der Waals surface area contributed by atoms with Gasteiger partial charge in [0.05, 0.1) is 37.7 Å². The van der Waals surface area contributed by atoms with E-state index in [-0.39, 0.29) is 16.5 Å². The van der Waals surface area contributed by atoms with E-state index in [9.17, 15) is 4.21 Å². The van der Waals surface area contributed by atoms with Crippen LogP contribution >= 0.6 is 0 Å². The van der Waals surface area contributed by atoms with Crippen LogP contribution in [0.5, 0.6) is 0 Å². The van der Waals surface area contributed by atoms with E-state index in [1.54, 1.807) is 6.07 Å². The van der Waals surface area contributed by atoms with Gasteiger partial charge in [0.2, 0.25) is 0 Å². The lowest BCUT2D eigenvalue weighted by Crippen LogP contribution is -2.45. The number of hydrogen-bond acceptors (Lipinski definition) is 9. The van der Waals surface area contributed by atoms with E-state index in [1.165, 1.54) is 0 Å². The fraction of sp³-hybridized carbons (Fsp3) is 0.571. The molecule has 1 unspecified atom stereocenters. The van der Waals surface area contributed by atoms with Crippen molar-refractivity contribution in [3.63, 3.8) is 0 Å². The predicted octanol–water partition coefficient (Wildman–Crippen LogP) is 1.32. The molecule has 4 rings (SSSR count). The zero-order valence-corrected chi connectivity index (χ0v) is 19.0. The molecule has 168 valence electrons. The Hall–Kier alpha value is -2.30. The summed E-state index contributed by atoms with van der Waals surface area (Å²) in [6.45, 7) is 9.01. The van der Waals surface area contributed by atoms with Crippen molar-refractivity contribution in [1.29, 1.82) is 0 Å². The molecule has 2 aromatic rings. The van der Waals surface area contributed by atoms with Crippen LogP contribution < -0.4 is 16.4 Å². The molecule has 2 aliphatic heterocycles. The summed E-state index contributed by atoms with van der Waals surface area (Å²) in [6, 6.07) is 3.79. The summed E-state index contributed by atoms with van der Waals surface area (Å²) in [6.07, 6.45) is 0.534. The third-order valence-corrected chi connectivity index (χ3v) is 7.60. The summed E-state index contributed by atoms with van der Waals surface area (Å²) in [5.41, 5.74) is 14.8. The van der Waals surface area contributed by atoms with Gasteiger partial charge in [-0.3, -0.25) is 4.21 Å². The smallest absolute Gasteiger partial charge is 0.164 e. The second-order valence-corrected chi connectivity index (χ2v) is 10.4. The maximum Gasteiger partial charge on any atom is 0.164 e. The number of aryl methyl sites for hydroxylation is 1. The van der Waals surface area contributed by atoms with E-state index in [0.29, 0.717) is 56.9 Å². The molecule has 2 saturated heterocycles. The number of nitrogens with zero attached hydrogens (tertiary/aromatic N) is 4. The number of aromatic nitrogens is 3. The zero-order chi connectivity index (χ0) is 22.1. The highest BCUT2D eigenvalue weighted by molar-refractivity contribution is 7.86. The largest absolute Gasteiger partial charge is 0.384 e. The van der Waals surface area contributed by atoms with Gasteiger partial charge < -0.3 is 25.8 Å². The van der Waals surface area contributed by atoms with Crippen molar-refractivity contribution in [2.24, 2.45) is 0 Å². The van der Waals surface area contributed by atoms with Crippen LogP contribution in [0.2, 0.25) is 0 Å². The number of nitrogens with two attached hydrogens (primary N) is 2. The third kappa shape index (κ3) is 4.65. The van der Waals surface area contributed by atoms with Gasteiger partial charge in [-0.2, -0.15) is 0 Å². The first-order valence-electron chi connectivity index (χ1n) is 10.6. The Kier molecular flexibility index (Phi) is 6.40. The van der Waals surface area contributed by atoms with Gasteiger partial charge in [0.15, 0.2) is 5.82 Å². The Balaban J connectivity index is 1.74. The van der Waals surface area contributed by atoms with Crippen molar-refractivity contribution in [2.75, 3.05) is 49.3 Å². The molecule has 0 saturated carbocycles. The van der Waals surface area contributed by atoms with Crippen LogP contribution in [0.4, 0.5) is 17.5 Å². The van der Waals surface area contributed by atoms with Gasteiger partial charge in [-0.05, 0) is 32.4 Å². The van der Waals surface area contributed by atoms with E-state index < -0.39 is 10.8 Å². The van der Waals surface area contributed by atoms with E-state index in [2.05, 4.69) is 21.8 Å². The molecule has 9 nitrogen and oxygen atoms in total. The highest BCUT2D eigenvalue weighted by Crippen LogP contribution is 2.32. The first kappa shape index (κ1) is 21.9. The summed E-state index contributed by atoms with van der Waals surface area (Å²) >= 11 is 0. The summed E-state index contributed by atoms with van der Waals surface area (Å²) in [5.74, 6) is 2.10. The normalized spacial score (nSPS) is 21.5. The van der Waals surface area contributed by atoms with Crippen LogP contribution in [0.15, 0.2) is 12.1 Å². The molecule has 0 aliphatic carbocycles. The minimum absolute atomic E-state index is 0.0837. The average molecular weight is 447 g/mol. The number of rotatable bonds is 6. The van der Waals surface area contributed by atoms with Gasteiger partial charge in [0.1, 0.15) is 17.5 Å². The quantitative estimate of drug-likeness (QED) is 0.674. The second-order valence-electron chi connectivity index (χ2n) is 8.28. The second kappa shape index (κ2) is 9.05. The van der Waals surface area contributed by atoms with Crippen LogP contribution in [0.1, 0.15) is 25.1 Å². The van der Waals surface area contributed by atoms with Crippen LogP contribution in [-0.4, -0.2) is 68.7 Å². The fourth-order valence-corrected chi connectivity index (χ4v) is 5.41. The standard InChI is InChI=1S/C21H30N6O3S/c1-12-6-15(8-18(22)24-12)20-25-19(23)17(7-14(3)31(28)16-10-30-11-16)21(26-20)27-4-5-29-9-13(27)2/h6,8,13-14,16H,4-5,7,9-11H2,1-3H3,(H2,22,24)(H2,23,25,26)/t13-,14+,31?/m1/s1. The van der Waals surface area contributed by atoms with E-state index in [4.69, 9.17) is 25.9 Å². The third-order valence-electron chi connectivity index (χ3n) is 5.71. The molecule has 2 aromatic heterocycles. The molecule has 0 radical (unpaired) electrons. The summed E-state index contributed by atoms with van der Waals surface area (Å²) < 4.78 is 23.7. The molecule has 4 heterocycles. The molecule has 31 heavy (non-hydrogen) atoms. The highest BCUT2D eigenvalue weighted by atomic mass is 32.2. The summed E-state index contributed by atoms with van der Waals surface area (Å²) in [5, 5.41) is 0.00417. The maximum atomic E-state index is 12.9. The Bertz CT molecular complexity index is 964. The van der Waals surface area contributed by atoms with Crippen molar-refractivity contribution in [1.82, 2.24) is 15.0 Å². The molecule has 0 spiro atoms. The monoisotopic (exact) mass is 446 g/mol. The number of hydrogen-bond donors (Lipinski definition) is 2. The lowest BCUT2D eigenvalue weighted by atomic mass is 10.1. The molecule has 0 bridgehead atoms. The van der Waals surface area contributed by atoms with Crippen molar-refractivity contribution in [3.8, 4) is 11.4 Å². The van der Waals surface area contributed by atoms with Crippen molar-refractivity contribution < 1.29 is 13.7 Å². The minimum Gasteiger partial charge on any atom is -0.384 e. The molecule has 10 heteroatoms. The molecular formula is C21H30N6O3S. The Morgan fingerprint density at radius 3 is 2.61 bits per heavy atom. The van der Waals surface area contributed by atoms with Crippen molar-refractivity contribution in [3.05, 3.63) is 23.4 Å². The fourth-order valence-electron chi connectivity index (χ4n) is 3.96. The minimum atomic E-state index is -1.01. The zero-order valence-electron chi connectivity index (χ0n) is 18.2. The van der Waals surface area contributed by atoms with E-state index >= 15 is 0 Å². The molecular weight excluding hydrogens is 416 g/mol. The molecule has 4 N–H and O–H groups in total. The van der Waals surface area contributed by atoms with Gasteiger partial charge >= 0.3 is 0 Å². The first-order chi connectivity index (χ1) is 14.8. The molecule has 2 fully saturated rings. The predicted molar refractivity (Wildman–Crippen MR) is 122 cm³/mol. The van der Waals surface area contributed by atoms with Gasteiger partial charge in [-0.25, -0.2) is 15.0 Å². The van der Waals surface area contributed by atoms with Gasteiger partial charge in [-0.15, -0.1) is 0 Å².